The fourth-order valence-electron chi connectivity index (χ4n) is 2.41. The van der Waals surface area contributed by atoms with Crippen LogP contribution in [0.3, 0.4) is 0 Å². The highest BCUT2D eigenvalue weighted by Crippen LogP contribution is 2.21. The third-order valence-corrected chi connectivity index (χ3v) is 3.50. The molecule has 0 unspecified atom stereocenters. The van der Waals surface area contributed by atoms with Crippen molar-refractivity contribution in [1.29, 1.82) is 0 Å². The number of carbonyl (C=O) groups excluding carboxylic acids is 1. The second kappa shape index (κ2) is 7.09. The van der Waals surface area contributed by atoms with Crippen LogP contribution in [0.2, 0.25) is 0 Å². The minimum absolute atomic E-state index is 0.0203. The lowest BCUT2D eigenvalue weighted by atomic mass is 9.91. The monoisotopic (exact) mass is 281 g/mol. The molecular formula is C12H22F3N3O. The number of nitrogens with zero attached hydrogens (tertiary/aromatic N) is 1. The quantitative estimate of drug-likeness (QED) is 0.797. The van der Waals surface area contributed by atoms with Crippen LogP contribution in [0.25, 0.3) is 0 Å². The van der Waals surface area contributed by atoms with Gasteiger partial charge in [0.1, 0.15) is 6.54 Å². The molecule has 4 nitrogen and oxygen atoms in total. The van der Waals surface area contributed by atoms with Crippen LogP contribution in [-0.4, -0.2) is 48.7 Å². The highest BCUT2D eigenvalue weighted by atomic mass is 19.4. The lowest BCUT2D eigenvalue weighted by molar-refractivity contribution is -0.139. The molecule has 0 bridgehead atoms. The molecule has 0 aliphatic heterocycles. The molecule has 7 heteroatoms. The van der Waals surface area contributed by atoms with Crippen LogP contribution in [0, 0.1) is 0 Å². The zero-order chi connectivity index (χ0) is 14.5. The van der Waals surface area contributed by atoms with Crippen LogP contribution in [0.5, 0.6) is 0 Å². The summed E-state index contributed by atoms with van der Waals surface area (Å²) in [5.74, 6) is -0.575. The van der Waals surface area contributed by atoms with E-state index in [0.717, 1.165) is 25.7 Å². The highest BCUT2D eigenvalue weighted by molar-refractivity contribution is 5.78. The first-order valence-corrected chi connectivity index (χ1v) is 6.65. The van der Waals surface area contributed by atoms with Crippen LogP contribution in [0.4, 0.5) is 13.2 Å². The number of likely N-dealkylation sites (N-methyl/N-ethyl adjacent to an activating group) is 1. The lowest BCUT2D eigenvalue weighted by Gasteiger charge is -2.35. The van der Waals surface area contributed by atoms with Crippen LogP contribution in [0.15, 0.2) is 0 Å². The third-order valence-electron chi connectivity index (χ3n) is 3.50. The summed E-state index contributed by atoms with van der Waals surface area (Å²) < 4.78 is 36.0. The van der Waals surface area contributed by atoms with Crippen molar-refractivity contribution in [2.45, 2.75) is 50.9 Å². The Kier molecular flexibility index (Phi) is 6.06. The molecule has 0 heterocycles. The van der Waals surface area contributed by atoms with E-state index in [2.05, 4.69) is 0 Å². The number of rotatable bonds is 5. The molecule has 1 aliphatic carbocycles. The van der Waals surface area contributed by atoms with Gasteiger partial charge < -0.3 is 11.1 Å². The summed E-state index contributed by atoms with van der Waals surface area (Å²) in [5.41, 5.74) is 5.81. The normalized spacial score (nSPS) is 24.5. The smallest absolute Gasteiger partial charge is 0.346 e. The fourth-order valence-corrected chi connectivity index (χ4v) is 2.41. The number of nitrogens with one attached hydrogen (secondary N) is 1. The number of hydrogen-bond acceptors (Lipinski definition) is 3. The molecular weight excluding hydrogens is 259 g/mol. The molecule has 19 heavy (non-hydrogen) atoms. The van der Waals surface area contributed by atoms with E-state index in [1.165, 1.54) is 0 Å². The summed E-state index contributed by atoms with van der Waals surface area (Å²) in [5, 5.41) is 1.90. The molecule has 1 fully saturated rings. The van der Waals surface area contributed by atoms with Gasteiger partial charge in [-0.05, 0) is 32.2 Å². The van der Waals surface area contributed by atoms with Crippen molar-refractivity contribution < 1.29 is 18.0 Å². The molecule has 0 spiro atoms. The predicted octanol–water partition coefficient (Wildman–Crippen LogP) is 1.26. The first-order valence-electron chi connectivity index (χ1n) is 6.65. The maximum Gasteiger partial charge on any atom is 0.405 e. The van der Waals surface area contributed by atoms with E-state index in [9.17, 15) is 18.0 Å². The van der Waals surface area contributed by atoms with E-state index in [1.807, 2.05) is 17.1 Å². The molecule has 1 aliphatic rings. The minimum atomic E-state index is -4.36. The van der Waals surface area contributed by atoms with Gasteiger partial charge in [0.15, 0.2) is 0 Å². The first-order chi connectivity index (χ1) is 8.81. The predicted molar refractivity (Wildman–Crippen MR) is 66.5 cm³/mol. The third kappa shape index (κ3) is 6.24. The molecule has 0 atom stereocenters. The lowest BCUT2D eigenvalue weighted by Crippen LogP contribution is -2.46. The SMILES string of the molecule is CCN(CC(=O)NCC(F)(F)F)C1CCC(N)CC1. The van der Waals surface area contributed by atoms with E-state index >= 15 is 0 Å². The number of hydrogen-bond donors (Lipinski definition) is 2. The molecule has 0 radical (unpaired) electrons. The Balaban J connectivity index is 2.37. The summed E-state index contributed by atoms with van der Waals surface area (Å²) in [4.78, 5) is 13.4. The molecule has 3 N–H and O–H groups in total. The summed E-state index contributed by atoms with van der Waals surface area (Å²) in [6.45, 7) is 1.32. The van der Waals surface area contributed by atoms with Crippen molar-refractivity contribution in [3.63, 3.8) is 0 Å². The second-order valence-electron chi connectivity index (χ2n) is 5.02. The topological polar surface area (TPSA) is 58.4 Å². The Morgan fingerprint density at radius 2 is 1.89 bits per heavy atom. The van der Waals surface area contributed by atoms with Gasteiger partial charge in [-0.2, -0.15) is 13.2 Å². The van der Waals surface area contributed by atoms with Gasteiger partial charge in [-0.15, -0.1) is 0 Å². The van der Waals surface area contributed by atoms with Gasteiger partial charge in [0.05, 0.1) is 6.54 Å². The average molecular weight is 281 g/mol. The second-order valence-corrected chi connectivity index (χ2v) is 5.02. The molecule has 0 aromatic carbocycles. The summed E-state index contributed by atoms with van der Waals surface area (Å²) in [6.07, 6.45) is -0.732. The Morgan fingerprint density at radius 1 is 1.32 bits per heavy atom. The number of alkyl halides is 3. The maximum atomic E-state index is 12.0. The van der Waals surface area contributed by atoms with Crippen molar-refractivity contribution in [3.8, 4) is 0 Å². The Labute approximate surface area is 111 Å². The van der Waals surface area contributed by atoms with Crippen LogP contribution < -0.4 is 11.1 Å². The Bertz CT molecular complexity index is 288. The summed E-state index contributed by atoms with van der Waals surface area (Å²) in [6, 6.07) is 0.468. The minimum Gasteiger partial charge on any atom is -0.346 e. The van der Waals surface area contributed by atoms with Crippen LogP contribution >= 0.6 is 0 Å². The molecule has 1 saturated carbocycles. The highest BCUT2D eigenvalue weighted by Gasteiger charge is 2.29. The van der Waals surface area contributed by atoms with E-state index in [4.69, 9.17) is 5.73 Å². The largest absolute Gasteiger partial charge is 0.405 e. The Morgan fingerprint density at radius 3 is 2.37 bits per heavy atom. The molecule has 112 valence electrons. The van der Waals surface area contributed by atoms with Gasteiger partial charge in [0, 0.05) is 12.1 Å². The summed E-state index contributed by atoms with van der Waals surface area (Å²) >= 11 is 0. The van der Waals surface area contributed by atoms with Crippen LogP contribution in [0.1, 0.15) is 32.6 Å². The standard InChI is InChI=1S/C12H22F3N3O/c1-2-18(10-5-3-9(16)4-6-10)7-11(19)17-8-12(13,14)15/h9-10H,2-8,16H2,1H3,(H,17,19). The van der Waals surface area contributed by atoms with Gasteiger partial charge in [0.2, 0.25) is 5.91 Å². The van der Waals surface area contributed by atoms with E-state index in [1.54, 1.807) is 0 Å². The molecule has 1 amide bonds. The van der Waals surface area contributed by atoms with E-state index in [0.29, 0.717) is 6.54 Å². The molecule has 1 rings (SSSR count). The van der Waals surface area contributed by atoms with Gasteiger partial charge in [-0.3, -0.25) is 9.69 Å². The fraction of sp³-hybridized carbons (Fsp3) is 0.917. The van der Waals surface area contributed by atoms with E-state index in [-0.39, 0.29) is 18.6 Å². The molecule has 0 saturated heterocycles. The van der Waals surface area contributed by atoms with Crippen molar-refractivity contribution in [1.82, 2.24) is 10.2 Å². The summed E-state index contributed by atoms with van der Waals surface area (Å²) in [7, 11) is 0. The first kappa shape index (κ1) is 16.2. The number of nitrogens with two attached hydrogens (primary N) is 1. The van der Waals surface area contributed by atoms with Gasteiger partial charge in [-0.25, -0.2) is 0 Å². The van der Waals surface area contributed by atoms with E-state index < -0.39 is 18.6 Å². The molecule has 0 aromatic rings. The van der Waals surface area contributed by atoms with Crippen LogP contribution in [-0.2, 0) is 4.79 Å². The number of halogens is 3. The number of amides is 1. The average Bonchev–Trinajstić information content (AvgIpc) is 2.34. The zero-order valence-electron chi connectivity index (χ0n) is 11.2. The van der Waals surface area contributed by atoms with Crippen molar-refractivity contribution in [3.05, 3.63) is 0 Å². The van der Waals surface area contributed by atoms with Crippen molar-refractivity contribution in [2.75, 3.05) is 19.6 Å². The van der Waals surface area contributed by atoms with Gasteiger partial charge in [-0.1, -0.05) is 6.92 Å². The van der Waals surface area contributed by atoms with Crippen molar-refractivity contribution >= 4 is 5.91 Å². The zero-order valence-corrected chi connectivity index (χ0v) is 11.2. The molecule has 0 aromatic heterocycles. The number of carbonyl (C=O) groups is 1. The van der Waals surface area contributed by atoms with Gasteiger partial charge in [0.25, 0.3) is 0 Å². The maximum absolute atomic E-state index is 12.0. The van der Waals surface area contributed by atoms with Gasteiger partial charge >= 0.3 is 6.18 Å². The Hall–Kier alpha value is -0.820. The van der Waals surface area contributed by atoms with Crippen molar-refractivity contribution in [2.24, 2.45) is 5.73 Å².